The number of halogens is 6. The van der Waals surface area contributed by atoms with E-state index in [0.717, 1.165) is 6.08 Å². The average molecular weight is 509 g/mol. The van der Waals surface area contributed by atoms with Crippen LogP contribution in [0.2, 0.25) is 0 Å². The van der Waals surface area contributed by atoms with E-state index in [0.29, 0.717) is 25.8 Å². The summed E-state index contributed by atoms with van der Waals surface area (Å²) >= 11 is 0. The number of amides is 1. The van der Waals surface area contributed by atoms with E-state index in [2.05, 4.69) is 26.0 Å². The van der Waals surface area contributed by atoms with Crippen LogP contribution < -0.4 is 21.5 Å². The van der Waals surface area contributed by atoms with Gasteiger partial charge in [0.15, 0.2) is 0 Å². The molecular formula is C19H21F6N7O3. The van der Waals surface area contributed by atoms with Crippen molar-refractivity contribution in [1.29, 1.82) is 0 Å². The van der Waals surface area contributed by atoms with Crippen LogP contribution >= 0.6 is 0 Å². The summed E-state index contributed by atoms with van der Waals surface area (Å²) in [6.45, 7) is 0.957. The minimum atomic E-state index is -5.02. The highest BCUT2D eigenvalue weighted by Crippen LogP contribution is 2.39. The quantitative estimate of drug-likeness (QED) is 0.429. The van der Waals surface area contributed by atoms with Crippen LogP contribution in [0.3, 0.4) is 0 Å². The smallest absolute Gasteiger partial charge is 0.378 e. The number of anilines is 1. The number of amidine groups is 1. The van der Waals surface area contributed by atoms with Gasteiger partial charge in [-0.05, 0) is 13.0 Å². The molecule has 3 atom stereocenters. The van der Waals surface area contributed by atoms with Crippen molar-refractivity contribution < 1.29 is 35.9 Å². The first kappa shape index (κ1) is 25.0. The third-order valence-corrected chi connectivity index (χ3v) is 5.77. The first-order chi connectivity index (χ1) is 16.3. The lowest BCUT2D eigenvalue weighted by Gasteiger charge is -2.45. The summed E-state index contributed by atoms with van der Waals surface area (Å²) in [5.74, 6) is -0.271. The molecule has 0 saturated carbocycles. The molecule has 4 rings (SSSR count). The van der Waals surface area contributed by atoms with Crippen molar-refractivity contribution in [2.75, 3.05) is 38.1 Å². The van der Waals surface area contributed by atoms with Crippen molar-refractivity contribution in [2.45, 2.75) is 37.0 Å². The number of aromatic amines is 1. The number of hydrogen-bond acceptors (Lipinski definition) is 8. The number of nitrogens with zero attached hydrogens (tertiary/aromatic N) is 3. The molecule has 3 aliphatic rings. The van der Waals surface area contributed by atoms with Crippen LogP contribution in [-0.4, -0.2) is 83.5 Å². The fourth-order valence-electron chi connectivity index (χ4n) is 4.08. The summed E-state index contributed by atoms with van der Waals surface area (Å²) in [6.07, 6.45) is -8.52. The second-order valence-electron chi connectivity index (χ2n) is 8.33. The standard InChI is InChI=1S/C19H21F6N7O3/c1-9(29-11-5-28-31-16(34)13(11)18(20,21)22)7-35-17(19(23,24)25)4-10-14(27-8-17)32-3-2-26-6-12(32)15(33)30-10/h4-5,9,12,26H,2-3,6-8H2,1H3,(H,30,33)(H2,29,31,34)/t9-,12?,17?/m0/s1. The van der Waals surface area contributed by atoms with Gasteiger partial charge >= 0.3 is 12.4 Å². The zero-order valence-electron chi connectivity index (χ0n) is 18.2. The highest BCUT2D eigenvalue weighted by atomic mass is 19.4. The molecule has 0 aromatic carbocycles. The van der Waals surface area contributed by atoms with Crippen LogP contribution in [0.25, 0.3) is 0 Å². The lowest BCUT2D eigenvalue weighted by Crippen LogP contribution is -2.66. The maximum atomic E-state index is 14.1. The van der Waals surface area contributed by atoms with Crippen LogP contribution in [0.4, 0.5) is 32.0 Å². The van der Waals surface area contributed by atoms with Crippen LogP contribution in [0, 0.1) is 0 Å². The first-order valence-corrected chi connectivity index (χ1v) is 10.5. The van der Waals surface area contributed by atoms with Crippen molar-refractivity contribution in [3.8, 4) is 0 Å². The number of hydrogen-bond donors (Lipinski definition) is 4. The van der Waals surface area contributed by atoms with Gasteiger partial charge < -0.3 is 25.6 Å². The summed E-state index contributed by atoms with van der Waals surface area (Å²) in [4.78, 5) is 29.7. The molecule has 35 heavy (non-hydrogen) atoms. The molecule has 1 aromatic rings. The minimum Gasteiger partial charge on any atom is -0.378 e. The molecule has 1 aromatic heterocycles. The number of alkyl halides is 6. The maximum Gasteiger partial charge on any atom is 0.423 e. The summed E-state index contributed by atoms with van der Waals surface area (Å²) in [5.41, 5.74) is -6.83. The van der Waals surface area contributed by atoms with Gasteiger partial charge in [0, 0.05) is 25.7 Å². The van der Waals surface area contributed by atoms with E-state index in [1.807, 2.05) is 0 Å². The SMILES string of the molecule is C[C@@H](COC1(C(F)(F)F)C=C2NC(=O)C3CNCCN3C2=NC1)Nc1cn[nH]c(=O)c1C(F)(F)F. The predicted molar refractivity (Wildman–Crippen MR) is 110 cm³/mol. The highest BCUT2D eigenvalue weighted by Gasteiger charge is 2.57. The van der Waals surface area contributed by atoms with Gasteiger partial charge in [0.05, 0.1) is 30.7 Å². The van der Waals surface area contributed by atoms with Crippen molar-refractivity contribution >= 4 is 17.4 Å². The number of carbonyl (C=O) groups excluding carboxylic acids is 1. The third-order valence-electron chi connectivity index (χ3n) is 5.77. The van der Waals surface area contributed by atoms with Gasteiger partial charge in [-0.3, -0.25) is 14.6 Å². The fourth-order valence-corrected chi connectivity index (χ4v) is 4.08. The van der Waals surface area contributed by atoms with Gasteiger partial charge in [-0.15, -0.1) is 0 Å². The van der Waals surface area contributed by atoms with Crippen LogP contribution in [0.5, 0.6) is 0 Å². The van der Waals surface area contributed by atoms with Gasteiger partial charge in [0.2, 0.25) is 11.5 Å². The molecule has 4 N–H and O–H groups in total. The van der Waals surface area contributed by atoms with Crippen LogP contribution in [0.15, 0.2) is 27.8 Å². The molecule has 0 radical (unpaired) electrons. The van der Waals surface area contributed by atoms with Crippen LogP contribution in [-0.2, 0) is 15.7 Å². The number of ether oxygens (including phenoxy) is 1. The van der Waals surface area contributed by atoms with Gasteiger partial charge in [0.25, 0.3) is 5.56 Å². The molecule has 2 saturated heterocycles. The Bertz CT molecular complexity index is 1120. The second kappa shape index (κ2) is 8.82. The molecule has 0 bridgehead atoms. The zero-order valence-corrected chi connectivity index (χ0v) is 18.2. The normalized spacial score (nSPS) is 25.6. The Balaban J connectivity index is 1.54. The van der Waals surface area contributed by atoms with E-state index < -0.39 is 65.9 Å². The van der Waals surface area contributed by atoms with E-state index in [9.17, 15) is 35.9 Å². The molecule has 192 valence electrons. The Hall–Kier alpha value is -3.14. The Kier molecular flexibility index (Phi) is 6.29. The number of fused-ring (bicyclic) bond motifs is 3. The van der Waals surface area contributed by atoms with E-state index in [4.69, 9.17) is 4.74 Å². The Morgan fingerprint density at radius 2 is 2.03 bits per heavy atom. The molecule has 3 aliphatic heterocycles. The van der Waals surface area contributed by atoms with Crippen molar-refractivity contribution in [2.24, 2.45) is 4.99 Å². The van der Waals surface area contributed by atoms with Crippen LogP contribution in [0.1, 0.15) is 12.5 Å². The van der Waals surface area contributed by atoms with E-state index in [1.165, 1.54) is 6.92 Å². The van der Waals surface area contributed by atoms with Gasteiger partial charge in [-0.1, -0.05) is 0 Å². The second-order valence-corrected chi connectivity index (χ2v) is 8.33. The number of nitrogens with one attached hydrogen (secondary N) is 4. The number of carbonyl (C=O) groups is 1. The Morgan fingerprint density at radius 3 is 2.71 bits per heavy atom. The third kappa shape index (κ3) is 4.71. The number of dihydropyridines is 1. The molecular weight excluding hydrogens is 488 g/mol. The largest absolute Gasteiger partial charge is 0.423 e. The topological polar surface area (TPSA) is 124 Å². The molecule has 10 nitrogen and oxygen atoms in total. The average Bonchev–Trinajstić information content (AvgIpc) is 2.76. The zero-order chi connectivity index (χ0) is 25.6. The molecule has 0 aliphatic carbocycles. The lowest BCUT2D eigenvalue weighted by atomic mass is 9.95. The van der Waals surface area contributed by atoms with Gasteiger partial charge in [-0.25, -0.2) is 5.10 Å². The molecule has 4 heterocycles. The predicted octanol–water partition coefficient (Wildman–Crippen LogP) is 0.606. The monoisotopic (exact) mass is 509 g/mol. The first-order valence-electron chi connectivity index (χ1n) is 10.5. The lowest BCUT2D eigenvalue weighted by molar-refractivity contribution is -0.254. The number of rotatable bonds is 5. The van der Waals surface area contributed by atoms with E-state index in [-0.39, 0.29) is 11.5 Å². The van der Waals surface area contributed by atoms with Gasteiger partial charge in [0.1, 0.15) is 17.4 Å². The summed E-state index contributed by atoms with van der Waals surface area (Å²) < 4.78 is 87.3. The molecule has 0 spiro atoms. The number of H-pyrrole nitrogens is 1. The molecule has 16 heteroatoms. The Morgan fingerprint density at radius 1 is 1.29 bits per heavy atom. The van der Waals surface area contributed by atoms with Gasteiger partial charge in [-0.2, -0.15) is 31.4 Å². The highest BCUT2D eigenvalue weighted by molar-refractivity contribution is 6.08. The number of aliphatic imine (C=N–C) groups is 1. The fraction of sp³-hybridized carbons (Fsp3) is 0.579. The number of aromatic nitrogens is 2. The van der Waals surface area contributed by atoms with E-state index in [1.54, 1.807) is 10.00 Å². The van der Waals surface area contributed by atoms with Crippen molar-refractivity contribution in [3.63, 3.8) is 0 Å². The summed E-state index contributed by atoms with van der Waals surface area (Å²) in [5, 5.41) is 12.8. The van der Waals surface area contributed by atoms with Crippen molar-refractivity contribution in [3.05, 3.63) is 33.9 Å². The van der Waals surface area contributed by atoms with Crippen molar-refractivity contribution in [1.82, 2.24) is 25.7 Å². The Labute approximate surface area is 193 Å². The minimum absolute atomic E-state index is 0.143. The maximum absolute atomic E-state index is 14.1. The molecule has 2 unspecified atom stereocenters. The number of piperazine rings is 2. The van der Waals surface area contributed by atoms with E-state index >= 15 is 0 Å². The molecule has 1 amide bonds. The summed E-state index contributed by atoms with van der Waals surface area (Å²) in [6, 6.07) is -1.70. The summed E-state index contributed by atoms with van der Waals surface area (Å²) in [7, 11) is 0. The molecule has 2 fully saturated rings.